The number of ether oxygens (including phenoxy) is 1. The fraction of sp³-hybridized carbons (Fsp3) is 0.778. The number of aromatic nitrogens is 2. The van der Waals surface area contributed by atoms with Crippen LogP contribution in [0.1, 0.15) is 56.5 Å². The third kappa shape index (κ3) is 4.50. The van der Waals surface area contributed by atoms with Gasteiger partial charge in [-0.05, 0) is 32.1 Å². The Labute approximate surface area is 145 Å². The van der Waals surface area contributed by atoms with E-state index >= 15 is 0 Å². The van der Waals surface area contributed by atoms with Gasteiger partial charge in [0, 0.05) is 31.0 Å². The maximum atomic E-state index is 12.3. The lowest BCUT2D eigenvalue weighted by Gasteiger charge is -2.38. The van der Waals surface area contributed by atoms with Gasteiger partial charge >= 0.3 is 6.03 Å². The third-order valence-electron chi connectivity index (χ3n) is 5.28. The molecular formula is C18H32N4O2. The van der Waals surface area contributed by atoms with Gasteiger partial charge in [0.1, 0.15) is 0 Å². The highest BCUT2D eigenvalue weighted by atomic mass is 16.5. The number of rotatable bonds is 6. The van der Waals surface area contributed by atoms with Gasteiger partial charge in [-0.25, -0.2) is 4.79 Å². The van der Waals surface area contributed by atoms with E-state index in [4.69, 9.17) is 4.74 Å². The Morgan fingerprint density at radius 2 is 2.12 bits per heavy atom. The quantitative estimate of drug-likeness (QED) is 0.839. The molecule has 0 aliphatic heterocycles. The summed E-state index contributed by atoms with van der Waals surface area (Å²) in [5.41, 5.74) is 3.31. The lowest BCUT2D eigenvalue weighted by molar-refractivity contribution is 0.166. The van der Waals surface area contributed by atoms with Gasteiger partial charge in [-0.15, -0.1) is 0 Å². The summed E-state index contributed by atoms with van der Waals surface area (Å²) in [7, 11) is 1.69. The highest BCUT2D eigenvalue weighted by Crippen LogP contribution is 2.35. The van der Waals surface area contributed by atoms with E-state index in [1.807, 2.05) is 18.5 Å². The molecule has 0 saturated heterocycles. The van der Waals surface area contributed by atoms with Crippen molar-refractivity contribution in [3.63, 3.8) is 0 Å². The number of hydrogen-bond acceptors (Lipinski definition) is 3. The number of nitrogens with zero attached hydrogens (tertiary/aromatic N) is 2. The molecule has 1 aromatic rings. The van der Waals surface area contributed by atoms with Crippen molar-refractivity contribution in [2.45, 2.75) is 72.5 Å². The normalized spacial score (nSPS) is 20.0. The smallest absolute Gasteiger partial charge is 0.315 e. The van der Waals surface area contributed by atoms with Crippen molar-refractivity contribution in [1.29, 1.82) is 0 Å². The van der Waals surface area contributed by atoms with E-state index in [1.54, 1.807) is 7.11 Å². The maximum absolute atomic E-state index is 12.3. The summed E-state index contributed by atoms with van der Waals surface area (Å²) in [6, 6.07) is 0.163. The summed E-state index contributed by atoms with van der Waals surface area (Å²) >= 11 is 0. The first-order chi connectivity index (χ1) is 11.3. The van der Waals surface area contributed by atoms with Gasteiger partial charge in [0.2, 0.25) is 0 Å². The number of amides is 2. The first-order valence-electron chi connectivity index (χ1n) is 8.91. The Morgan fingerprint density at radius 3 is 2.79 bits per heavy atom. The van der Waals surface area contributed by atoms with E-state index in [2.05, 4.69) is 29.6 Å². The Hall–Kier alpha value is -1.56. The van der Waals surface area contributed by atoms with Gasteiger partial charge in [-0.1, -0.05) is 26.7 Å². The molecule has 6 nitrogen and oxygen atoms in total. The molecule has 0 bridgehead atoms. The second-order valence-corrected chi connectivity index (χ2v) is 7.48. The largest absolute Gasteiger partial charge is 0.383 e. The highest BCUT2D eigenvalue weighted by molar-refractivity contribution is 5.74. The zero-order valence-electron chi connectivity index (χ0n) is 15.7. The molecule has 2 N–H and O–H groups in total. The van der Waals surface area contributed by atoms with Crippen LogP contribution in [0.4, 0.5) is 4.79 Å². The third-order valence-corrected chi connectivity index (χ3v) is 5.28. The molecule has 6 heteroatoms. The van der Waals surface area contributed by atoms with Crippen LogP contribution < -0.4 is 10.6 Å². The van der Waals surface area contributed by atoms with Crippen LogP contribution in [0, 0.1) is 19.3 Å². The molecule has 1 fully saturated rings. The van der Waals surface area contributed by atoms with Crippen molar-refractivity contribution < 1.29 is 9.53 Å². The van der Waals surface area contributed by atoms with Gasteiger partial charge in [0.05, 0.1) is 18.8 Å². The van der Waals surface area contributed by atoms with E-state index in [-0.39, 0.29) is 17.5 Å². The molecular weight excluding hydrogens is 304 g/mol. The molecule has 1 aromatic heterocycles. The summed E-state index contributed by atoms with van der Waals surface area (Å²) in [6.07, 6.45) is 4.68. The molecule has 0 aromatic carbocycles. The molecule has 1 aliphatic rings. The van der Waals surface area contributed by atoms with Crippen LogP contribution in [0.3, 0.4) is 0 Å². The van der Waals surface area contributed by atoms with E-state index < -0.39 is 0 Å². The van der Waals surface area contributed by atoms with Crippen molar-refractivity contribution in [3.8, 4) is 0 Å². The second-order valence-electron chi connectivity index (χ2n) is 7.48. The predicted molar refractivity (Wildman–Crippen MR) is 95.0 cm³/mol. The van der Waals surface area contributed by atoms with Gasteiger partial charge in [-0.2, -0.15) is 5.10 Å². The second kappa shape index (κ2) is 8.01. The Kier molecular flexibility index (Phi) is 6.27. The van der Waals surface area contributed by atoms with E-state index in [1.165, 1.54) is 19.3 Å². The van der Waals surface area contributed by atoms with Crippen molar-refractivity contribution in [2.24, 2.45) is 5.41 Å². The minimum Gasteiger partial charge on any atom is -0.383 e. The molecule has 1 heterocycles. The number of methoxy groups -OCH3 is 1. The van der Waals surface area contributed by atoms with E-state index in [0.717, 1.165) is 29.9 Å². The standard InChI is InChI=1S/C18H32N4O2/c1-13-15(14(2)22(21-13)10-11-24-5)12-19-17(23)20-16-8-6-7-9-18(16,3)4/h16H,6-12H2,1-5H3,(H2,19,20,23)/t16-/m1/s1. The summed E-state index contributed by atoms with van der Waals surface area (Å²) in [5, 5.41) is 10.7. The van der Waals surface area contributed by atoms with Crippen molar-refractivity contribution in [3.05, 3.63) is 17.0 Å². The lowest BCUT2D eigenvalue weighted by Crippen LogP contribution is -2.50. The van der Waals surface area contributed by atoms with Crippen LogP contribution in [0.2, 0.25) is 0 Å². The monoisotopic (exact) mass is 336 g/mol. The Morgan fingerprint density at radius 1 is 1.38 bits per heavy atom. The van der Waals surface area contributed by atoms with Crippen molar-refractivity contribution >= 4 is 6.03 Å². The maximum Gasteiger partial charge on any atom is 0.315 e. The lowest BCUT2D eigenvalue weighted by atomic mass is 9.73. The Bertz CT molecular complexity index is 566. The highest BCUT2D eigenvalue weighted by Gasteiger charge is 2.33. The molecule has 1 aliphatic carbocycles. The molecule has 24 heavy (non-hydrogen) atoms. The summed E-state index contributed by atoms with van der Waals surface area (Å²) in [6.45, 7) is 10.4. The zero-order chi connectivity index (χ0) is 17.7. The zero-order valence-corrected chi connectivity index (χ0v) is 15.7. The minimum atomic E-state index is -0.0848. The van der Waals surface area contributed by atoms with E-state index in [0.29, 0.717) is 13.2 Å². The number of carbonyl (C=O) groups excluding carboxylic acids is 1. The van der Waals surface area contributed by atoms with Crippen LogP contribution in [0.5, 0.6) is 0 Å². The fourth-order valence-electron chi connectivity index (χ4n) is 3.52. The SMILES string of the molecule is COCCn1nc(C)c(CNC(=O)N[C@@H]2CCCCC2(C)C)c1C. The molecule has 1 atom stereocenters. The van der Waals surface area contributed by atoms with Crippen LogP contribution >= 0.6 is 0 Å². The average Bonchev–Trinajstić information content (AvgIpc) is 2.79. The number of carbonyl (C=O) groups is 1. The van der Waals surface area contributed by atoms with Crippen LogP contribution in [-0.2, 0) is 17.8 Å². The molecule has 136 valence electrons. The van der Waals surface area contributed by atoms with E-state index in [9.17, 15) is 4.79 Å². The number of hydrogen-bond donors (Lipinski definition) is 2. The molecule has 0 radical (unpaired) electrons. The molecule has 1 saturated carbocycles. The van der Waals surface area contributed by atoms with Gasteiger partial charge < -0.3 is 15.4 Å². The number of aryl methyl sites for hydroxylation is 1. The van der Waals surface area contributed by atoms with Gasteiger partial charge in [-0.3, -0.25) is 4.68 Å². The molecule has 2 amide bonds. The van der Waals surface area contributed by atoms with Crippen LogP contribution in [-0.4, -0.2) is 35.6 Å². The molecule has 2 rings (SSSR count). The predicted octanol–water partition coefficient (Wildman–Crippen LogP) is 2.91. The first-order valence-corrected chi connectivity index (χ1v) is 8.91. The van der Waals surface area contributed by atoms with Crippen LogP contribution in [0.25, 0.3) is 0 Å². The topological polar surface area (TPSA) is 68.2 Å². The van der Waals surface area contributed by atoms with Gasteiger partial charge in [0.25, 0.3) is 0 Å². The first kappa shape index (κ1) is 18.8. The van der Waals surface area contributed by atoms with Crippen molar-refractivity contribution in [2.75, 3.05) is 13.7 Å². The fourth-order valence-corrected chi connectivity index (χ4v) is 3.52. The number of nitrogens with one attached hydrogen (secondary N) is 2. The summed E-state index contributed by atoms with van der Waals surface area (Å²) in [5.74, 6) is 0. The van der Waals surface area contributed by atoms with Crippen LogP contribution in [0.15, 0.2) is 0 Å². The molecule has 0 unspecified atom stereocenters. The number of urea groups is 1. The minimum absolute atomic E-state index is 0.0848. The summed E-state index contributed by atoms with van der Waals surface area (Å²) in [4.78, 5) is 12.3. The van der Waals surface area contributed by atoms with Crippen molar-refractivity contribution in [1.82, 2.24) is 20.4 Å². The summed E-state index contributed by atoms with van der Waals surface area (Å²) < 4.78 is 7.05. The Balaban J connectivity index is 1.91. The van der Waals surface area contributed by atoms with Gasteiger partial charge in [0.15, 0.2) is 0 Å². The average molecular weight is 336 g/mol. The molecule has 0 spiro atoms.